The van der Waals surface area contributed by atoms with E-state index in [1.54, 1.807) is 5.17 Å². The highest BCUT2D eigenvalue weighted by Crippen LogP contribution is 2.22. The fourth-order valence-corrected chi connectivity index (χ4v) is 1.67. The van der Waals surface area contributed by atoms with Crippen molar-refractivity contribution in [1.82, 2.24) is 0 Å². The van der Waals surface area contributed by atoms with Gasteiger partial charge in [0, 0.05) is 5.02 Å². The fraction of sp³-hybridized carbons (Fsp3) is 0.417. The first-order chi connectivity index (χ1) is 7.79. The summed E-state index contributed by atoms with van der Waals surface area (Å²) in [5.74, 6) is 0. The normalized spacial score (nSPS) is 19.4. The van der Waals surface area contributed by atoms with Crippen molar-refractivity contribution in [2.24, 2.45) is 5.10 Å². The van der Waals surface area contributed by atoms with Crippen LogP contribution in [0.25, 0.3) is 0 Å². The minimum absolute atomic E-state index is 0.107. The van der Waals surface area contributed by atoms with Crippen molar-refractivity contribution in [3.8, 4) is 0 Å². The van der Waals surface area contributed by atoms with Gasteiger partial charge < -0.3 is 0 Å². The molecule has 86 valence electrons. The summed E-state index contributed by atoms with van der Waals surface area (Å²) in [6, 6.07) is 7.44. The molecular weight excluding hydrogens is 224 g/mol. The molecule has 3 nitrogen and oxygen atoms in total. The molecule has 1 aromatic rings. The Morgan fingerprint density at radius 2 is 2.12 bits per heavy atom. The zero-order valence-electron chi connectivity index (χ0n) is 9.27. The van der Waals surface area contributed by atoms with Crippen molar-refractivity contribution in [3.05, 3.63) is 29.3 Å². The van der Waals surface area contributed by atoms with Gasteiger partial charge in [0.2, 0.25) is 0 Å². The summed E-state index contributed by atoms with van der Waals surface area (Å²) in [6.07, 6.45) is 5.31. The quantitative estimate of drug-likeness (QED) is 0.800. The van der Waals surface area contributed by atoms with Crippen LogP contribution in [-0.2, 0) is 4.84 Å². The maximum absolute atomic E-state index is 5.82. The number of hydrogen-bond acceptors (Lipinski definition) is 3. The average molecular weight is 239 g/mol. The van der Waals surface area contributed by atoms with Crippen LogP contribution in [-0.4, -0.2) is 12.3 Å². The van der Waals surface area contributed by atoms with E-state index in [2.05, 4.69) is 12.0 Å². The van der Waals surface area contributed by atoms with Crippen LogP contribution in [0.1, 0.15) is 26.2 Å². The number of hydrazone groups is 1. The van der Waals surface area contributed by atoms with E-state index in [9.17, 15) is 0 Å². The standard InChI is InChI=1S/C12H15ClN2O/c1-2-3-4-12-9-14-15(16-12)11-7-5-10(13)6-8-11/h5-9,12H,2-4H2,1H3. The monoisotopic (exact) mass is 238 g/mol. The second kappa shape index (κ2) is 5.32. The van der Waals surface area contributed by atoms with E-state index in [-0.39, 0.29) is 6.10 Å². The van der Waals surface area contributed by atoms with E-state index in [0.717, 1.165) is 23.6 Å². The number of benzene rings is 1. The molecule has 2 rings (SSSR count). The Labute approximate surface area is 101 Å². The van der Waals surface area contributed by atoms with Gasteiger partial charge in [0.25, 0.3) is 0 Å². The molecule has 16 heavy (non-hydrogen) atoms. The first-order valence-corrected chi connectivity index (χ1v) is 5.94. The van der Waals surface area contributed by atoms with Gasteiger partial charge in [0.15, 0.2) is 0 Å². The van der Waals surface area contributed by atoms with E-state index >= 15 is 0 Å². The fourth-order valence-electron chi connectivity index (χ4n) is 1.55. The number of rotatable bonds is 4. The van der Waals surface area contributed by atoms with E-state index in [4.69, 9.17) is 16.4 Å². The third-order valence-electron chi connectivity index (χ3n) is 2.46. The highest BCUT2D eigenvalue weighted by atomic mass is 35.5. The molecule has 0 saturated heterocycles. The lowest BCUT2D eigenvalue weighted by Gasteiger charge is -2.15. The van der Waals surface area contributed by atoms with Crippen molar-refractivity contribution in [3.63, 3.8) is 0 Å². The van der Waals surface area contributed by atoms with Gasteiger partial charge in [-0.15, -0.1) is 5.17 Å². The largest absolute Gasteiger partial charge is 0.243 e. The van der Waals surface area contributed by atoms with Crippen molar-refractivity contribution in [2.45, 2.75) is 32.3 Å². The van der Waals surface area contributed by atoms with Crippen molar-refractivity contribution in [1.29, 1.82) is 0 Å². The van der Waals surface area contributed by atoms with E-state index in [1.165, 1.54) is 6.42 Å². The first-order valence-electron chi connectivity index (χ1n) is 5.56. The number of halogens is 1. The predicted octanol–water partition coefficient (Wildman–Crippen LogP) is 3.64. The van der Waals surface area contributed by atoms with Crippen LogP contribution in [0.2, 0.25) is 5.02 Å². The third-order valence-corrected chi connectivity index (χ3v) is 2.71. The van der Waals surface area contributed by atoms with Crippen LogP contribution in [0.4, 0.5) is 5.69 Å². The highest BCUT2D eigenvalue weighted by Gasteiger charge is 2.19. The predicted molar refractivity (Wildman–Crippen MR) is 66.8 cm³/mol. The lowest BCUT2D eigenvalue weighted by molar-refractivity contribution is 0.0915. The average Bonchev–Trinajstić information content (AvgIpc) is 2.76. The van der Waals surface area contributed by atoms with Crippen LogP contribution < -0.4 is 5.17 Å². The smallest absolute Gasteiger partial charge is 0.125 e. The van der Waals surface area contributed by atoms with Gasteiger partial charge in [-0.25, -0.2) is 4.84 Å². The van der Waals surface area contributed by atoms with Crippen LogP contribution in [0, 0.1) is 0 Å². The molecule has 1 aromatic carbocycles. The zero-order chi connectivity index (χ0) is 11.4. The Hall–Kier alpha value is -1.06. The van der Waals surface area contributed by atoms with Crippen molar-refractivity contribution in [2.75, 3.05) is 5.17 Å². The molecule has 0 saturated carbocycles. The van der Waals surface area contributed by atoms with E-state index in [1.807, 2.05) is 30.5 Å². The number of nitrogens with zero attached hydrogens (tertiary/aromatic N) is 2. The number of anilines is 1. The Morgan fingerprint density at radius 1 is 1.38 bits per heavy atom. The minimum Gasteiger partial charge on any atom is -0.243 e. The summed E-state index contributed by atoms with van der Waals surface area (Å²) in [6.45, 7) is 2.17. The third kappa shape index (κ3) is 2.74. The molecule has 0 N–H and O–H groups in total. The van der Waals surface area contributed by atoms with E-state index in [0.29, 0.717) is 0 Å². The molecule has 1 heterocycles. The molecule has 0 amide bonds. The molecule has 0 radical (unpaired) electrons. The summed E-state index contributed by atoms with van der Waals surface area (Å²) < 4.78 is 0. The zero-order valence-corrected chi connectivity index (χ0v) is 10.0. The summed E-state index contributed by atoms with van der Waals surface area (Å²) in [7, 11) is 0. The first kappa shape index (κ1) is 11.4. The van der Waals surface area contributed by atoms with Gasteiger partial charge in [0.1, 0.15) is 6.10 Å². The molecule has 0 aromatic heterocycles. The second-order valence-corrected chi connectivity index (χ2v) is 4.24. The molecule has 0 bridgehead atoms. The molecule has 0 aliphatic carbocycles. The molecule has 4 heteroatoms. The highest BCUT2D eigenvalue weighted by molar-refractivity contribution is 6.30. The Kier molecular flexibility index (Phi) is 3.80. The van der Waals surface area contributed by atoms with E-state index < -0.39 is 0 Å². The van der Waals surface area contributed by atoms with Crippen LogP contribution in [0.15, 0.2) is 29.4 Å². The number of unbranched alkanes of at least 4 members (excludes halogenated alkanes) is 1. The molecule has 1 aliphatic heterocycles. The molecule has 1 aliphatic rings. The SMILES string of the molecule is CCCCC1C=NN(c2ccc(Cl)cc2)O1. The number of hydrogen-bond donors (Lipinski definition) is 0. The Balaban J connectivity index is 1.94. The van der Waals surface area contributed by atoms with Crippen LogP contribution >= 0.6 is 11.6 Å². The summed E-state index contributed by atoms with van der Waals surface area (Å²) in [5.41, 5.74) is 0.902. The Bertz CT molecular complexity index is 364. The lowest BCUT2D eigenvalue weighted by atomic mass is 10.2. The molecular formula is C12H15ClN2O. The lowest BCUT2D eigenvalue weighted by Crippen LogP contribution is -2.17. The van der Waals surface area contributed by atoms with Gasteiger partial charge in [-0.1, -0.05) is 31.4 Å². The minimum atomic E-state index is 0.107. The second-order valence-electron chi connectivity index (χ2n) is 3.80. The molecule has 1 unspecified atom stereocenters. The topological polar surface area (TPSA) is 24.8 Å². The van der Waals surface area contributed by atoms with Gasteiger partial charge >= 0.3 is 0 Å². The van der Waals surface area contributed by atoms with Gasteiger partial charge in [0.05, 0.1) is 11.9 Å². The van der Waals surface area contributed by atoms with Crippen molar-refractivity contribution < 1.29 is 4.84 Å². The Morgan fingerprint density at radius 3 is 2.81 bits per heavy atom. The maximum Gasteiger partial charge on any atom is 0.125 e. The molecule has 0 spiro atoms. The molecule has 0 fully saturated rings. The maximum atomic E-state index is 5.82. The summed E-state index contributed by atoms with van der Waals surface area (Å²) >= 11 is 5.82. The van der Waals surface area contributed by atoms with Crippen LogP contribution in [0.5, 0.6) is 0 Å². The van der Waals surface area contributed by atoms with Gasteiger partial charge in [-0.05, 0) is 30.7 Å². The van der Waals surface area contributed by atoms with Crippen LogP contribution in [0.3, 0.4) is 0 Å². The van der Waals surface area contributed by atoms with Gasteiger partial charge in [-0.2, -0.15) is 5.10 Å². The van der Waals surface area contributed by atoms with Gasteiger partial charge in [-0.3, -0.25) is 0 Å². The summed E-state index contributed by atoms with van der Waals surface area (Å²) in [5, 5.41) is 6.48. The van der Waals surface area contributed by atoms with Crippen molar-refractivity contribution >= 4 is 23.5 Å². The molecule has 1 atom stereocenters. The summed E-state index contributed by atoms with van der Waals surface area (Å²) in [4.78, 5) is 5.66.